The molecule has 0 spiro atoms. The molecule has 4 rings (SSSR count). The number of benzene rings is 1. The van der Waals surface area contributed by atoms with Crippen molar-refractivity contribution in [2.45, 2.75) is 24.9 Å². The molecular formula is C16H15FN4O. The van der Waals surface area contributed by atoms with Crippen LogP contribution in [0.15, 0.2) is 36.5 Å². The number of hydrogen-bond acceptors (Lipinski definition) is 4. The van der Waals surface area contributed by atoms with Crippen LogP contribution < -0.4 is 5.73 Å². The molecule has 1 aliphatic carbocycles. The van der Waals surface area contributed by atoms with Crippen LogP contribution in [0.5, 0.6) is 0 Å². The number of aromatic nitrogens is 3. The van der Waals surface area contributed by atoms with Gasteiger partial charge in [-0.05, 0) is 30.0 Å². The predicted molar refractivity (Wildman–Crippen MR) is 79.8 cm³/mol. The van der Waals surface area contributed by atoms with Crippen molar-refractivity contribution >= 4 is 11.5 Å². The van der Waals surface area contributed by atoms with Crippen LogP contribution in [0.2, 0.25) is 0 Å². The van der Waals surface area contributed by atoms with Crippen molar-refractivity contribution in [3.8, 4) is 0 Å². The van der Waals surface area contributed by atoms with E-state index in [4.69, 9.17) is 5.73 Å². The normalized spacial score (nSPS) is 20.5. The quantitative estimate of drug-likeness (QED) is 0.777. The van der Waals surface area contributed by atoms with Crippen molar-refractivity contribution in [2.24, 2.45) is 0 Å². The summed E-state index contributed by atoms with van der Waals surface area (Å²) in [6.07, 6.45) is 2.56. The Morgan fingerprint density at radius 2 is 2.00 bits per heavy atom. The van der Waals surface area contributed by atoms with E-state index in [1.807, 2.05) is 0 Å². The van der Waals surface area contributed by atoms with Gasteiger partial charge in [-0.25, -0.2) is 9.37 Å². The van der Waals surface area contributed by atoms with Gasteiger partial charge >= 0.3 is 0 Å². The van der Waals surface area contributed by atoms with Gasteiger partial charge in [-0.15, -0.1) is 0 Å². The molecule has 0 radical (unpaired) electrons. The molecule has 6 heteroatoms. The van der Waals surface area contributed by atoms with Gasteiger partial charge in [0.2, 0.25) is 0 Å². The number of halogens is 1. The highest BCUT2D eigenvalue weighted by molar-refractivity contribution is 5.55. The summed E-state index contributed by atoms with van der Waals surface area (Å²) in [5.74, 6) is 0.690. The Hall–Kier alpha value is -2.47. The van der Waals surface area contributed by atoms with Crippen molar-refractivity contribution in [3.63, 3.8) is 0 Å². The average molecular weight is 298 g/mol. The van der Waals surface area contributed by atoms with Crippen molar-refractivity contribution in [2.75, 3.05) is 5.73 Å². The first kappa shape index (κ1) is 13.2. The van der Waals surface area contributed by atoms with Crippen LogP contribution in [-0.2, 0) is 6.61 Å². The molecule has 1 aliphatic rings. The highest BCUT2D eigenvalue weighted by Crippen LogP contribution is 2.55. The molecule has 0 saturated heterocycles. The summed E-state index contributed by atoms with van der Waals surface area (Å²) >= 11 is 0. The van der Waals surface area contributed by atoms with Gasteiger partial charge in [0.15, 0.2) is 5.65 Å². The maximum absolute atomic E-state index is 13.0. The zero-order valence-electron chi connectivity index (χ0n) is 11.8. The number of nitrogens with two attached hydrogens (primary N) is 1. The Labute approximate surface area is 126 Å². The minimum absolute atomic E-state index is 0.170. The Kier molecular flexibility index (Phi) is 2.87. The first-order chi connectivity index (χ1) is 10.7. The molecular weight excluding hydrogens is 283 g/mol. The van der Waals surface area contributed by atoms with Gasteiger partial charge in [-0.3, -0.25) is 0 Å². The lowest BCUT2D eigenvalue weighted by molar-refractivity contribution is 0.280. The number of aliphatic hydroxyl groups excluding tert-OH is 1. The molecule has 2 aromatic heterocycles. The van der Waals surface area contributed by atoms with Crippen molar-refractivity contribution in [3.05, 3.63) is 59.2 Å². The highest BCUT2D eigenvalue weighted by atomic mass is 19.1. The third kappa shape index (κ3) is 1.95. The maximum Gasteiger partial charge on any atom is 0.157 e. The molecule has 5 nitrogen and oxygen atoms in total. The Morgan fingerprint density at radius 3 is 2.73 bits per heavy atom. The molecule has 2 heterocycles. The van der Waals surface area contributed by atoms with Crippen molar-refractivity contribution < 1.29 is 9.50 Å². The number of nitrogens with zero attached hydrogens (tertiary/aromatic N) is 3. The number of aliphatic hydroxyl groups is 1. The second kappa shape index (κ2) is 4.78. The Bertz CT molecular complexity index is 843. The van der Waals surface area contributed by atoms with Crippen LogP contribution in [0.25, 0.3) is 5.65 Å². The third-order valence-corrected chi connectivity index (χ3v) is 4.30. The van der Waals surface area contributed by atoms with E-state index < -0.39 is 0 Å². The molecule has 0 aliphatic heterocycles. The molecule has 3 N–H and O–H groups in total. The van der Waals surface area contributed by atoms with E-state index in [0.29, 0.717) is 22.9 Å². The lowest BCUT2D eigenvalue weighted by Crippen LogP contribution is -2.09. The largest absolute Gasteiger partial charge is 0.391 e. The second-order valence-electron chi connectivity index (χ2n) is 5.62. The van der Waals surface area contributed by atoms with E-state index in [9.17, 15) is 9.50 Å². The standard InChI is InChI=1S/C16H15FN4O/c17-10-3-1-9(2-4-10)11-7-12(11)15-13(8-22)16(18)21-14(20-15)5-6-19-21/h1-6,11-12,22H,7-8,18H2. The van der Waals surface area contributed by atoms with Gasteiger partial charge in [0, 0.05) is 17.5 Å². The van der Waals surface area contributed by atoms with Crippen LogP contribution in [0.1, 0.15) is 35.1 Å². The van der Waals surface area contributed by atoms with Gasteiger partial charge in [0.25, 0.3) is 0 Å². The molecule has 1 fully saturated rings. The molecule has 2 atom stereocenters. The lowest BCUT2D eigenvalue weighted by atomic mass is 10.1. The molecule has 1 aromatic carbocycles. The molecule has 0 bridgehead atoms. The smallest absolute Gasteiger partial charge is 0.157 e. The zero-order chi connectivity index (χ0) is 15.3. The van der Waals surface area contributed by atoms with E-state index in [-0.39, 0.29) is 18.3 Å². The molecule has 1 saturated carbocycles. The molecule has 3 aromatic rings. The Morgan fingerprint density at radius 1 is 1.23 bits per heavy atom. The topological polar surface area (TPSA) is 76.4 Å². The summed E-state index contributed by atoms with van der Waals surface area (Å²) in [6, 6.07) is 8.34. The van der Waals surface area contributed by atoms with Gasteiger partial charge in [0.05, 0.1) is 18.5 Å². The van der Waals surface area contributed by atoms with Crippen LogP contribution in [0, 0.1) is 5.82 Å². The lowest BCUT2D eigenvalue weighted by Gasteiger charge is -2.11. The fraction of sp³-hybridized carbons (Fsp3) is 0.250. The highest BCUT2D eigenvalue weighted by Gasteiger charge is 2.42. The van der Waals surface area contributed by atoms with E-state index in [0.717, 1.165) is 17.7 Å². The minimum Gasteiger partial charge on any atom is -0.391 e. The van der Waals surface area contributed by atoms with Crippen LogP contribution in [-0.4, -0.2) is 19.7 Å². The maximum atomic E-state index is 13.0. The fourth-order valence-electron chi connectivity index (χ4n) is 3.06. The third-order valence-electron chi connectivity index (χ3n) is 4.30. The number of hydrogen-bond donors (Lipinski definition) is 2. The molecule has 2 unspecified atom stereocenters. The zero-order valence-corrected chi connectivity index (χ0v) is 11.8. The predicted octanol–water partition coefficient (Wildman–Crippen LogP) is 2.21. The van der Waals surface area contributed by atoms with E-state index in [1.165, 1.54) is 16.6 Å². The van der Waals surface area contributed by atoms with Crippen molar-refractivity contribution in [1.82, 2.24) is 14.6 Å². The summed E-state index contributed by atoms with van der Waals surface area (Å²) < 4.78 is 14.6. The summed E-state index contributed by atoms with van der Waals surface area (Å²) in [4.78, 5) is 4.61. The first-order valence-electron chi connectivity index (χ1n) is 7.17. The van der Waals surface area contributed by atoms with Crippen LogP contribution in [0.4, 0.5) is 10.2 Å². The Balaban J connectivity index is 1.74. The van der Waals surface area contributed by atoms with Gasteiger partial charge in [0.1, 0.15) is 11.6 Å². The van der Waals surface area contributed by atoms with Crippen LogP contribution in [0.3, 0.4) is 0 Å². The fourth-order valence-corrected chi connectivity index (χ4v) is 3.06. The van der Waals surface area contributed by atoms with Gasteiger partial charge in [-0.2, -0.15) is 9.61 Å². The summed E-state index contributed by atoms with van der Waals surface area (Å²) in [5.41, 5.74) is 9.31. The molecule has 0 amide bonds. The summed E-state index contributed by atoms with van der Waals surface area (Å²) in [7, 11) is 0. The number of anilines is 1. The van der Waals surface area contributed by atoms with Crippen molar-refractivity contribution in [1.29, 1.82) is 0 Å². The number of nitrogen functional groups attached to an aromatic ring is 1. The average Bonchev–Trinajstić information content (AvgIpc) is 3.17. The van der Waals surface area contributed by atoms with E-state index >= 15 is 0 Å². The number of fused-ring (bicyclic) bond motifs is 1. The van der Waals surface area contributed by atoms with E-state index in [1.54, 1.807) is 24.4 Å². The summed E-state index contributed by atoms with van der Waals surface area (Å²) in [6.45, 7) is -0.170. The van der Waals surface area contributed by atoms with Crippen LogP contribution >= 0.6 is 0 Å². The molecule has 112 valence electrons. The number of rotatable bonds is 3. The van der Waals surface area contributed by atoms with Gasteiger partial charge in [-0.1, -0.05) is 12.1 Å². The van der Waals surface area contributed by atoms with Gasteiger partial charge < -0.3 is 10.8 Å². The SMILES string of the molecule is Nc1c(CO)c(C2CC2c2ccc(F)cc2)nc2ccnn12. The van der Waals surface area contributed by atoms with E-state index in [2.05, 4.69) is 10.1 Å². The second-order valence-corrected chi connectivity index (χ2v) is 5.62. The monoisotopic (exact) mass is 298 g/mol. The molecule has 22 heavy (non-hydrogen) atoms. The first-order valence-corrected chi connectivity index (χ1v) is 7.17. The summed E-state index contributed by atoms with van der Waals surface area (Å²) in [5, 5.41) is 13.8. The minimum atomic E-state index is -0.236.